The molecule has 0 aliphatic heterocycles. The maximum atomic E-state index is 5.85. The number of rotatable bonds is 3. The van der Waals surface area contributed by atoms with E-state index in [1.807, 2.05) is 7.11 Å². The van der Waals surface area contributed by atoms with E-state index >= 15 is 0 Å². The fourth-order valence-corrected chi connectivity index (χ4v) is 11.4. The molecule has 4 rings (SSSR count). The molecule has 0 unspecified atom stereocenters. The summed E-state index contributed by atoms with van der Waals surface area (Å²) in [6, 6.07) is 13.3. The summed E-state index contributed by atoms with van der Waals surface area (Å²) < 4.78 is 10.7. The molecule has 0 amide bonds. The van der Waals surface area contributed by atoms with E-state index in [4.69, 9.17) is 4.74 Å². The molecule has 0 bridgehead atoms. The Morgan fingerprint density at radius 2 is 1.77 bits per heavy atom. The summed E-state index contributed by atoms with van der Waals surface area (Å²) in [5.74, 6) is 1.10. The number of methoxy groups -OCH3 is 1. The third kappa shape index (κ3) is 3.57. The predicted molar refractivity (Wildman–Crippen MR) is 99.1 cm³/mol. The van der Waals surface area contributed by atoms with Crippen LogP contribution in [0.3, 0.4) is 0 Å². The zero-order chi connectivity index (χ0) is 16.7. The summed E-state index contributed by atoms with van der Waals surface area (Å²) in [6.07, 6.45) is 9.06. The molecular weight excluding hydrogens is 442 g/mol. The van der Waals surface area contributed by atoms with Gasteiger partial charge in [-0.05, 0) is 0 Å². The SMILES string of the molecule is COc1ccc2c([c]1[Zr+2]([C]1=CC=CC1)=[C](C)C)Cc1ccccc1-2.[Cl-].[Cl-]. The molecule has 0 saturated heterocycles. The van der Waals surface area contributed by atoms with Crippen LogP contribution in [-0.4, -0.2) is 10.3 Å². The molecule has 0 aromatic heterocycles. The minimum absolute atomic E-state index is 0. The molecule has 2 aliphatic carbocycles. The van der Waals surface area contributed by atoms with Gasteiger partial charge in [-0.1, -0.05) is 0 Å². The number of allylic oxidation sites excluding steroid dienone is 4. The summed E-state index contributed by atoms with van der Waals surface area (Å²) in [4.78, 5) is 0. The van der Waals surface area contributed by atoms with E-state index in [0.717, 1.165) is 18.6 Å². The third-order valence-electron chi connectivity index (χ3n) is 5.01. The zero-order valence-corrected chi connectivity index (χ0v) is 19.2. The van der Waals surface area contributed by atoms with Gasteiger partial charge in [-0.2, -0.15) is 0 Å². The Morgan fingerprint density at radius 1 is 1.00 bits per heavy atom. The number of ether oxygens (including phenoxy) is 1. The van der Waals surface area contributed by atoms with Crippen LogP contribution in [0.2, 0.25) is 0 Å². The monoisotopic (exact) mass is 462 g/mol. The largest absolute Gasteiger partial charge is 1.00 e. The fourth-order valence-electron chi connectivity index (χ4n) is 4.00. The van der Waals surface area contributed by atoms with Gasteiger partial charge in [-0.25, -0.2) is 0 Å². The van der Waals surface area contributed by atoms with Crippen molar-refractivity contribution in [2.75, 3.05) is 7.11 Å². The molecule has 26 heavy (non-hydrogen) atoms. The van der Waals surface area contributed by atoms with Gasteiger partial charge in [0.2, 0.25) is 0 Å². The summed E-state index contributed by atoms with van der Waals surface area (Å²) in [5.41, 5.74) is 5.81. The number of hydrogen-bond donors (Lipinski definition) is 0. The van der Waals surface area contributed by atoms with Crippen molar-refractivity contribution in [2.45, 2.75) is 26.7 Å². The molecule has 0 radical (unpaired) electrons. The van der Waals surface area contributed by atoms with Gasteiger partial charge in [0.1, 0.15) is 0 Å². The Hall–Kier alpha value is -0.947. The number of fused-ring (bicyclic) bond motifs is 3. The van der Waals surface area contributed by atoms with Crippen molar-refractivity contribution in [3.8, 4) is 16.9 Å². The van der Waals surface area contributed by atoms with E-state index in [1.54, 1.807) is 9.76 Å². The van der Waals surface area contributed by atoms with Gasteiger partial charge in [0, 0.05) is 0 Å². The molecule has 0 N–H and O–H groups in total. The van der Waals surface area contributed by atoms with E-state index in [2.05, 4.69) is 68.5 Å². The maximum absolute atomic E-state index is 5.85. The summed E-state index contributed by atoms with van der Waals surface area (Å²) >= 11 is -2.07. The molecule has 2 aromatic rings. The van der Waals surface area contributed by atoms with E-state index in [9.17, 15) is 0 Å². The van der Waals surface area contributed by atoms with Crippen molar-refractivity contribution in [1.29, 1.82) is 0 Å². The van der Waals surface area contributed by atoms with E-state index in [1.165, 1.54) is 22.3 Å². The Labute approximate surface area is 176 Å². The van der Waals surface area contributed by atoms with Crippen LogP contribution in [0, 0.1) is 0 Å². The molecule has 2 aliphatic rings. The van der Waals surface area contributed by atoms with Gasteiger partial charge in [-0.15, -0.1) is 0 Å². The van der Waals surface area contributed by atoms with Gasteiger partial charge >= 0.3 is 152 Å². The van der Waals surface area contributed by atoms with Crippen LogP contribution in [0.1, 0.15) is 31.4 Å². The molecular formula is C22H22Cl2OZr. The van der Waals surface area contributed by atoms with E-state index in [-0.39, 0.29) is 24.8 Å². The minimum atomic E-state index is -2.07. The fraction of sp³-hybridized carbons (Fsp3) is 0.227. The van der Waals surface area contributed by atoms with E-state index < -0.39 is 21.3 Å². The zero-order valence-electron chi connectivity index (χ0n) is 15.3. The van der Waals surface area contributed by atoms with Crippen LogP contribution < -0.4 is 32.8 Å². The number of hydrogen-bond acceptors (Lipinski definition) is 1. The molecule has 2 aromatic carbocycles. The molecule has 0 spiro atoms. The first-order valence-electron chi connectivity index (χ1n) is 8.52. The van der Waals surface area contributed by atoms with Crippen molar-refractivity contribution < 1.29 is 50.8 Å². The predicted octanol–water partition coefficient (Wildman–Crippen LogP) is -1.43. The Balaban J connectivity index is 0.00000121. The molecule has 0 heterocycles. The minimum Gasteiger partial charge on any atom is -1.00 e. The second-order valence-corrected chi connectivity index (χ2v) is 13.8. The third-order valence-corrected chi connectivity index (χ3v) is 12.5. The van der Waals surface area contributed by atoms with Gasteiger partial charge in [0.15, 0.2) is 0 Å². The first-order valence-corrected chi connectivity index (χ1v) is 12.2. The van der Waals surface area contributed by atoms with Crippen molar-refractivity contribution in [3.05, 3.63) is 69.0 Å². The van der Waals surface area contributed by atoms with Crippen LogP contribution in [0.25, 0.3) is 11.1 Å². The summed E-state index contributed by atoms with van der Waals surface area (Å²) in [7, 11) is 1.82. The van der Waals surface area contributed by atoms with Crippen molar-refractivity contribution >= 4 is 6.48 Å². The second kappa shape index (κ2) is 8.83. The Bertz CT molecular complexity index is 922. The summed E-state index contributed by atoms with van der Waals surface area (Å²) in [6.45, 7) is 4.66. The van der Waals surface area contributed by atoms with Crippen molar-refractivity contribution in [2.24, 2.45) is 0 Å². The molecule has 134 valence electrons. The molecule has 0 atom stereocenters. The first-order chi connectivity index (χ1) is 11.7. The standard InChI is InChI=1S/C14H11O.C5H5.C3H6.2ClH.Zr/c1-15-12-6-7-14-11(9-12)8-10-4-2-3-5-13(10)14;1-2-4-5-3-1;1-3-2;;;/h2-7H,8H2,1H3;1-3H,4H2;1-2H3;2*1H;/q;;;;;+2/p-2. The van der Waals surface area contributed by atoms with Gasteiger partial charge < -0.3 is 24.8 Å². The summed E-state index contributed by atoms with van der Waals surface area (Å²) in [5, 5.41) is 0. The van der Waals surface area contributed by atoms with E-state index in [0.29, 0.717) is 0 Å². The van der Waals surface area contributed by atoms with Crippen LogP contribution in [0.5, 0.6) is 5.75 Å². The smallest absolute Gasteiger partial charge is 1.00 e. The van der Waals surface area contributed by atoms with Gasteiger partial charge in [0.05, 0.1) is 0 Å². The molecule has 1 nitrogen and oxygen atoms in total. The Morgan fingerprint density at radius 3 is 2.42 bits per heavy atom. The Kier molecular flexibility index (Phi) is 7.25. The quantitative estimate of drug-likeness (QED) is 0.462. The van der Waals surface area contributed by atoms with Crippen molar-refractivity contribution in [1.82, 2.24) is 0 Å². The average Bonchev–Trinajstić information content (AvgIpc) is 3.22. The van der Waals surface area contributed by atoms with Crippen LogP contribution >= 0.6 is 0 Å². The average molecular weight is 465 g/mol. The van der Waals surface area contributed by atoms with Crippen LogP contribution in [0.4, 0.5) is 0 Å². The van der Waals surface area contributed by atoms with Gasteiger partial charge in [-0.3, -0.25) is 0 Å². The first kappa shape index (κ1) is 21.4. The molecule has 0 saturated carbocycles. The molecule has 0 fully saturated rings. The maximum Gasteiger partial charge on any atom is -1.00 e. The van der Waals surface area contributed by atoms with Crippen LogP contribution in [-0.2, 0) is 27.7 Å². The number of halogens is 2. The topological polar surface area (TPSA) is 9.23 Å². The normalized spacial score (nSPS) is 12.8. The molecule has 4 heteroatoms. The number of benzene rings is 2. The van der Waals surface area contributed by atoms with Gasteiger partial charge in [0.25, 0.3) is 0 Å². The second-order valence-electron chi connectivity index (χ2n) is 6.70. The van der Waals surface area contributed by atoms with Crippen LogP contribution in [0.15, 0.2) is 57.9 Å². The van der Waals surface area contributed by atoms with Crippen molar-refractivity contribution in [3.63, 3.8) is 0 Å².